The van der Waals surface area contributed by atoms with E-state index in [0.717, 1.165) is 32.1 Å². The van der Waals surface area contributed by atoms with Gasteiger partial charge in [-0.3, -0.25) is 0 Å². The van der Waals surface area contributed by atoms with Gasteiger partial charge in [0, 0.05) is 13.5 Å². The van der Waals surface area contributed by atoms with Crippen LogP contribution >= 0.6 is 0 Å². The average Bonchev–Trinajstić information content (AvgIpc) is 2.84. The zero-order valence-electron chi connectivity index (χ0n) is 19.2. The minimum Gasteiger partial charge on any atom is -0.458 e. The van der Waals surface area contributed by atoms with Crippen LogP contribution in [0.5, 0.6) is 17.2 Å². The van der Waals surface area contributed by atoms with Gasteiger partial charge in [0.05, 0.1) is 12.7 Å². The maximum atomic E-state index is 10.3. The highest BCUT2D eigenvalue weighted by molar-refractivity contribution is 5.46. The van der Waals surface area contributed by atoms with Crippen LogP contribution in [0.3, 0.4) is 0 Å². The van der Waals surface area contributed by atoms with E-state index in [4.69, 9.17) is 19.3 Å². The topological polar surface area (TPSA) is 109 Å². The molecule has 1 saturated heterocycles. The summed E-state index contributed by atoms with van der Waals surface area (Å²) in [5, 5.41) is 36.7. The van der Waals surface area contributed by atoms with Crippen molar-refractivity contribution in [3.63, 3.8) is 0 Å². The third-order valence-corrected chi connectivity index (χ3v) is 6.05. The number of fused-ring (bicyclic) bond motifs is 8. The van der Waals surface area contributed by atoms with Gasteiger partial charge in [0.2, 0.25) is 6.29 Å². The lowest BCUT2D eigenvalue weighted by molar-refractivity contribution is -0.240. The number of aryl methyl sites for hydroxylation is 2. The largest absolute Gasteiger partial charge is 0.458 e. The molecule has 7 heteroatoms. The van der Waals surface area contributed by atoms with Gasteiger partial charge in [0.1, 0.15) is 18.0 Å². The van der Waals surface area contributed by atoms with Crippen LogP contribution in [0.1, 0.15) is 49.7 Å². The second-order valence-corrected chi connectivity index (χ2v) is 8.51. The van der Waals surface area contributed by atoms with Crippen molar-refractivity contribution < 1.29 is 34.6 Å². The number of benzene rings is 2. The molecule has 33 heavy (non-hydrogen) atoms. The first-order chi connectivity index (χ1) is 16.1. The zero-order valence-corrected chi connectivity index (χ0v) is 19.2. The Hall–Kier alpha value is -2.16. The summed E-state index contributed by atoms with van der Waals surface area (Å²) in [5.41, 5.74) is 2.47. The summed E-state index contributed by atoms with van der Waals surface area (Å²) in [6.45, 7) is -0.345. The summed E-state index contributed by atoms with van der Waals surface area (Å²) in [5.74, 6) is 1.73. The van der Waals surface area contributed by atoms with Crippen LogP contribution in [0.4, 0.5) is 0 Å². The van der Waals surface area contributed by atoms with Gasteiger partial charge >= 0.3 is 0 Å². The van der Waals surface area contributed by atoms with Crippen molar-refractivity contribution in [1.29, 1.82) is 0 Å². The van der Waals surface area contributed by atoms with Crippen LogP contribution in [0, 0.1) is 0 Å². The normalized spacial score (nSPS) is 25.6. The molecule has 1 fully saturated rings. The molecule has 4 bridgehead atoms. The minimum absolute atomic E-state index is 0.0750. The van der Waals surface area contributed by atoms with E-state index in [2.05, 4.69) is 12.1 Å². The Morgan fingerprint density at radius 2 is 1.48 bits per heavy atom. The van der Waals surface area contributed by atoms with E-state index in [9.17, 15) is 15.3 Å². The fourth-order valence-electron chi connectivity index (χ4n) is 4.18. The Balaban J connectivity index is 0.00000149. The molecule has 4 atom stereocenters. The molecule has 3 heterocycles. The van der Waals surface area contributed by atoms with Crippen LogP contribution in [0.25, 0.3) is 0 Å². The molecule has 7 nitrogen and oxygen atoms in total. The van der Waals surface area contributed by atoms with Gasteiger partial charge in [-0.2, -0.15) is 0 Å². The molecule has 3 aliphatic rings. The van der Waals surface area contributed by atoms with Gasteiger partial charge in [0.15, 0.2) is 11.5 Å². The quantitative estimate of drug-likeness (QED) is 0.556. The van der Waals surface area contributed by atoms with Gasteiger partial charge in [-0.25, -0.2) is 0 Å². The molecule has 5 rings (SSSR count). The monoisotopic (exact) mass is 460 g/mol. The number of hydrogen-bond acceptors (Lipinski definition) is 7. The van der Waals surface area contributed by atoms with Crippen molar-refractivity contribution in [3.05, 3.63) is 53.6 Å². The number of aliphatic hydroxyl groups excluding tert-OH is 4. The standard InChI is InChI=1S/C25H32O6.CH4O/c26-16-24-20(27)15-21(28)25(31-24)30-22-13-10-18-7-5-3-1-2-4-6-17-8-11-19(12-9-17)29-23(22)14-18;1-2/h8-14,20-21,24-28H,1-7,15-16H2;2H,1H3/t20-,21+,24?,25?;/m1./s1. The van der Waals surface area contributed by atoms with Gasteiger partial charge in [0.25, 0.3) is 0 Å². The molecule has 2 unspecified atom stereocenters. The van der Waals surface area contributed by atoms with Gasteiger partial charge in [-0.1, -0.05) is 37.5 Å². The molecule has 182 valence electrons. The Morgan fingerprint density at radius 1 is 0.848 bits per heavy atom. The Morgan fingerprint density at radius 3 is 2.18 bits per heavy atom. The van der Waals surface area contributed by atoms with Crippen LogP contribution in [0.15, 0.2) is 42.5 Å². The fourth-order valence-corrected chi connectivity index (χ4v) is 4.18. The second kappa shape index (κ2) is 12.9. The van der Waals surface area contributed by atoms with Crippen LogP contribution in [0.2, 0.25) is 0 Å². The molecule has 2 aromatic carbocycles. The molecule has 0 spiro atoms. The summed E-state index contributed by atoms with van der Waals surface area (Å²) < 4.78 is 17.7. The van der Waals surface area contributed by atoms with Gasteiger partial charge in [-0.05, 0) is 61.1 Å². The predicted molar refractivity (Wildman–Crippen MR) is 125 cm³/mol. The predicted octanol–water partition coefficient (Wildman–Crippen LogP) is 3.34. The maximum Gasteiger partial charge on any atom is 0.226 e. The lowest BCUT2D eigenvalue weighted by Crippen LogP contribution is -2.51. The number of hydrogen-bond donors (Lipinski definition) is 4. The third kappa shape index (κ3) is 7.16. The van der Waals surface area contributed by atoms with E-state index in [0.29, 0.717) is 11.5 Å². The lowest BCUT2D eigenvalue weighted by Gasteiger charge is -2.36. The van der Waals surface area contributed by atoms with E-state index >= 15 is 0 Å². The summed E-state index contributed by atoms with van der Waals surface area (Å²) in [7, 11) is 1.00. The number of ether oxygens (including phenoxy) is 3. The first-order valence-corrected chi connectivity index (χ1v) is 11.8. The highest BCUT2D eigenvalue weighted by atomic mass is 16.7. The molecule has 0 aromatic heterocycles. The maximum absolute atomic E-state index is 10.3. The third-order valence-electron chi connectivity index (χ3n) is 6.05. The van der Waals surface area contributed by atoms with Gasteiger partial charge < -0.3 is 34.6 Å². The van der Waals surface area contributed by atoms with Crippen molar-refractivity contribution in [1.82, 2.24) is 0 Å². The highest BCUT2D eigenvalue weighted by Gasteiger charge is 2.37. The van der Waals surface area contributed by atoms with E-state index in [1.54, 1.807) is 0 Å². The van der Waals surface area contributed by atoms with E-state index in [-0.39, 0.29) is 13.0 Å². The van der Waals surface area contributed by atoms with Gasteiger partial charge in [-0.15, -0.1) is 0 Å². The molecule has 0 aliphatic carbocycles. The zero-order chi connectivity index (χ0) is 23.6. The Kier molecular flexibility index (Phi) is 9.96. The van der Waals surface area contributed by atoms with Crippen molar-refractivity contribution in [3.8, 4) is 17.2 Å². The lowest BCUT2D eigenvalue weighted by atomic mass is 10.0. The first-order valence-electron chi connectivity index (χ1n) is 11.8. The molecule has 2 aromatic rings. The van der Waals surface area contributed by atoms with Crippen molar-refractivity contribution in [2.75, 3.05) is 13.7 Å². The first kappa shape index (κ1) is 25.5. The molecule has 0 radical (unpaired) electrons. The average molecular weight is 461 g/mol. The summed E-state index contributed by atoms with van der Waals surface area (Å²) in [6, 6.07) is 14.0. The van der Waals surface area contributed by atoms with Crippen molar-refractivity contribution in [2.24, 2.45) is 0 Å². The highest BCUT2D eigenvalue weighted by Crippen LogP contribution is 2.36. The smallest absolute Gasteiger partial charge is 0.226 e. The van der Waals surface area contributed by atoms with E-state index < -0.39 is 24.6 Å². The summed E-state index contributed by atoms with van der Waals surface area (Å²) >= 11 is 0. The van der Waals surface area contributed by atoms with Crippen LogP contribution < -0.4 is 9.47 Å². The van der Waals surface area contributed by atoms with Crippen molar-refractivity contribution in [2.45, 2.75) is 76.0 Å². The molecule has 4 N–H and O–H groups in total. The summed E-state index contributed by atoms with van der Waals surface area (Å²) in [4.78, 5) is 0. The minimum atomic E-state index is -1.01. The molecule has 3 aliphatic heterocycles. The number of rotatable bonds is 3. The van der Waals surface area contributed by atoms with E-state index in [1.165, 1.54) is 36.8 Å². The molecular formula is C26H36O7. The van der Waals surface area contributed by atoms with E-state index in [1.807, 2.05) is 30.3 Å². The summed E-state index contributed by atoms with van der Waals surface area (Å²) in [6.07, 6.45) is 4.44. The fraction of sp³-hybridized carbons (Fsp3) is 0.538. The number of aliphatic hydroxyl groups is 4. The Labute approximate surface area is 195 Å². The molecular weight excluding hydrogens is 424 g/mol. The second-order valence-electron chi connectivity index (χ2n) is 8.51. The van der Waals surface area contributed by atoms with Crippen LogP contribution in [-0.4, -0.2) is 58.7 Å². The molecule has 0 amide bonds. The Bertz CT molecular complexity index is 839. The van der Waals surface area contributed by atoms with Crippen LogP contribution in [-0.2, 0) is 17.6 Å². The van der Waals surface area contributed by atoms with Crippen molar-refractivity contribution >= 4 is 0 Å². The molecule has 0 saturated carbocycles. The SMILES string of the molecule is CO.OCC1OC(Oc2ccc3cc2Oc2ccc(cc2)CCCCCCC3)[C@@H](O)C[C@H]1O.